The maximum absolute atomic E-state index is 12.3. The number of ether oxygens (including phenoxy) is 1. The Morgan fingerprint density at radius 3 is 2.15 bits per heavy atom. The fraction of sp³-hybridized carbons (Fsp3) is 0.182. The lowest BCUT2D eigenvalue weighted by Gasteiger charge is -2.08. The van der Waals surface area contributed by atoms with Gasteiger partial charge in [-0.1, -0.05) is 54.6 Å². The molecule has 0 amide bonds. The average Bonchev–Trinajstić information content (AvgIpc) is 3.07. The third-order valence-electron chi connectivity index (χ3n) is 4.05. The Hall–Kier alpha value is -2.97. The van der Waals surface area contributed by atoms with Gasteiger partial charge in [0.2, 0.25) is 0 Å². The van der Waals surface area contributed by atoms with Gasteiger partial charge in [0.05, 0.1) is 12.2 Å². The summed E-state index contributed by atoms with van der Waals surface area (Å²) in [5.41, 5.74) is 4.48. The molecule has 5 heteroatoms. The Labute approximate surface area is 165 Å². The molecule has 27 heavy (non-hydrogen) atoms. The van der Waals surface area contributed by atoms with E-state index in [0.29, 0.717) is 16.8 Å². The van der Waals surface area contributed by atoms with Crippen molar-refractivity contribution in [2.24, 2.45) is 7.05 Å². The first-order chi connectivity index (χ1) is 13.2. The maximum atomic E-state index is 12.3. The minimum absolute atomic E-state index is 0.290. The smallest absolute Gasteiger partial charge is 0.355 e. The lowest BCUT2D eigenvalue weighted by molar-refractivity contribution is 0.0516. The van der Waals surface area contributed by atoms with Crippen LogP contribution in [0.3, 0.4) is 0 Å². The van der Waals surface area contributed by atoms with Crippen molar-refractivity contribution < 1.29 is 9.53 Å². The van der Waals surface area contributed by atoms with E-state index in [1.807, 2.05) is 54.6 Å². The van der Waals surface area contributed by atoms with Gasteiger partial charge in [0, 0.05) is 18.8 Å². The molecule has 0 bridgehead atoms. The predicted octanol–water partition coefficient (Wildman–Crippen LogP) is 4.95. The molecule has 0 fully saturated rings. The molecule has 1 aromatic heterocycles. The van der Waals surface area contributed by atoms with Crippen LogP contribution in [-0.2, 0) is 11.8 Å². The highest BCUT2D eigenvalue weighted by Gasteiger charge is 2.22. The first-order valence-electron chi connectivity index (χ1n) is 8.52. The number of rotatable bonds is 4. The number of aromatic nitrogens is 1. The standard InChI is InChI=1S/C21H18N2O2.CH4S/c1-3-25-21(24)20-19(18(13-22)14-23(20)2)17-11-9-16(10-12-17)15-7-5-4-6-8-15;1-2/h4-12,14H,3H2,1-2H3;2H,1H3. The average molecular weight is 378 g/mol. The normalized spacial score (nSPS) is 9.74. The van der Waals surface area contributed by atoms with E-state index in [0.717, 1.165) is 16.7 Å². The highest BCUT2D eigenvalue weighted by molar-refractivity contribution is 7.79. The van der Waals surface area contributed by atoms with Crippen LogP contribution in [0.15, 0.2) is 60.8 Å². The summed E-state index contributed by atoms with van der Waals surface area (Å²) in [6.45, 7) is 2.05. The van der Waals surface area contributed by atoms with Crippen molar-refractivity contribution in [2.75, 3.05) is 12.9 Å². The number of carbonyl (C=O) groups excluding carboxylic acids is 1. The van der Waals surface area contributed by atoms with Crippen LogP contribution in [0, 0.1) is 11.3 Å². The van der Waals surface area contributed by atoms with Crippen LogP contribution in [-0.4, -0.2) is 23.4 Å². The molecule has 0 unspecified atom stereocenters. The lowest BCUT2D eigenvalue weighted by Crippen LogP contribution is -2.10. The molecule has 3 aromatic rings. The molecule has 0 radical (unpaired) electrons. The summed E-state index contributed by atoms with van der Waals surface area (Å²) in [7, 11) is 1.74. The van der Waals surface area contributed by atoms with E-state index in [-0.39, 0.29) is 6.61 Å². The highest BCUT2D eigenvalue weighted by Crippen LogP contribution is 2.31. The Morgan fingerprint density at radius 1 is 1.04 bits per heavy atom. The first-order valence-corrected chi connectivity index (χ1v) is 9.42. The van der Waals surface area contributed by atoms with E-state index in [9.17, 15) is 10.1 Å². The van der Waals surface area contributed by atoms with Crippen LogP contribution in [0.1, 0.15) is 23.0 Å². The van der Waals surface area contributed by atoms with Crippen molar-refractivity contribution in [3.05, 3.63) is 72.1 Å². The number of esters is 1. The molecule has 0 aliphatic rings. The molecule has 0 saturated heterocycles. The Morgan fingerprint density at radius 2 is 1.59 bits per heavy atom. The van der Waals surface area contributed by atoms with Crippen molar-refractivity contribution in [3.8, 4) is 28.3 Å². The van der Waals surface area contributed by atoms with Crippen LogP contribution >= 0.6 is 12.6 Å². The number of hydrogen-bond donors (Lipinski definition) is 1. The van der Waals surface area contributed by atoms with Crippen molar-refractivity contribution in [1.29, 1.82) is 5.26 Å². The molecule has 0 N–H and O–H groups in total. The number of nitrogens with zero attached hydrogens (tertiary/aromatic N) is 2. The summed E-state index contributed by atoms with van der Waals surface area (Å²) in [5.74, 6) is -0.423. The molecule has 1 heterocycles. The van der Waals surface area contributed by atoms with Gasteiger partial charge in [-0.25, -0.2) is 4.79 Å². The van der Waals surface area contributed by atoms with E-state index < -0.39 is 5.97 Å². The number of hydrogen-bond acceptors (Lipinski definition) is 4. The van der Waals surface area contributed by atoms with Crippen molar-refractivity contribution >= 4 is 18.6 Å². The SMILES string of the molecule is CCOC(=O)c1c(-c2ccc(-c3ccccc3)cc2)c(C#N)cn1C.CS. The van der Waals surface area contributed by atoms with Crippen LogP contribution in [0.4, 0.5) is 0 Å². The second-order valence-corrected chi connectivity index (χ2v) is 5.65. The van der Waals surface area contributed by atoms with Gasteiger partial charge < -0.3 is 9.30 Å². The summed E-state index contributed by atoms with van der Waals surface area (Å²) in [4.78, 5) is 12.3. The Bertz CT molecular complexity index is 939. The summed E-state index contributed by atoms with van der Waals surface area (Å²) in [6, 6.07) is 20.1. The third-order valence-corrected chi connectivity index (χ3v) is 4.05. The predicted molar refractivity (Wildman–Crippen MR) is 112 cm³/mol. The van der Waals surface area contributed by atoms with Crippen LogP contribution in [0.5, 0.6) is 0 Å². The minimum Gasteiger partial charge on any atom is -0.461 e. The Kier molecular flexibility index (Phi) is 7.27. The third kappa shape index (κ3) is 4.42. The monoisotopic (exact) mass is 378 g/mol. The van der Waals surface area contributed by atoms with Gasteiger partial charge in [-0.15, -0.1) is 0 Å². The maximum Gasteiger partial charge on any atom is 0.355 e. The van der Waals surface area contributed by atoms with Gasteiger partial charge in [0.1, 0.15) is 11.8 Å². The summed E-state index contributed by atoms with van der Waals surface area (Å²) < 4.78 is 6.80. The molecular formula is C22H22N2O2S. The van der Waals surface area contributed by atoms with Gasteiger partial charge in [0.15, 0.2) is 0 Å². The molecular weight excluding hydrogens is 356 g/mol. The van der Waals surface area contributed by atoms with Crippen molar-refractivity contribution in [2.45, 2.75) is 6.92 Å². The van der Waals surface area contributed by atoms with E-state index >= 15 is 0 Å². The van der Waals surface area contributed by atoms with Crippen molar-refractivity contribution in [1.82, 2.24) is 4.57 Å². The van der Waals surface area contributed by atoms with Gasteiger partial charge in [-0.2, -0.15) is 17.9 Å². The molecule has 0 spiro atoms. The van der Waals surface area contributed by atoms with Gasteiger partial charge >= 0.3 is 5.97 Å². The number of thiol groups is 1. The second-order valence-electron chi connectivity index (χ2n) is 5.65. The quantitative estimate of drug-likeness (QED) is 0.516. The molecule has 0 aliphatic heterocycles. The van der Waals surface area contributed by atoms with Gasteiger partial charge in [-0.3, -0.25) is 0 Å². The highest BCUT2D eigenvalue weighted by atomic mass is 32.1. The van der Waals surface area contributed by atoms with Crippen LogP contribution in [0.25, 0.3) is 22.3 Å². The first kappa shape index (κ1) is 20.3. The van der Waals surface area contributed by atoms with Crippen LogP contribution < -0.4 is 0 Å². The molecule has 138 valence electrons. The number of nitriles is 1. The lowest BCUT2D eigenvalue weighted by atomic mass is 9.98. The summed E-state index contributed by atoms with van der Waals surface area (Å²) >= 11 is 3.53. The van der Waals surface area contributed by atoms with E-state index in [1.54, 1.807) is 31.0 Å². The topological polar surface area (TPSA) is 55.0 Å². The zero-order chi connectivity index (χ0) is 19.8. The van der Waals surface area contributed by atoms with Gasteiger partial charge in [0.25, 0.3) is 0 Å². The summed E-state index contributed by atoms with van der Waals surface area (Å²) in [6.07, 6.45) is 3.35. The van der Waals surface area contributed by atoms with E-state index in [1.165, 1.54) is 0 Å². The van der Waals surface area contributed by atoms with Gasteiger partial charge in [-0.05, 0) is 29.9 Å². The van der Waals surface area contributed by atoms with E-state index in [2.05, 4.69) is 18.7 Å². The van der Waals surface area contributed by atoms with Crippen LogP contribution in [0.2, 0.25) is 0 Å². The van der Waals surface area contributed by atoms with E-state index in [4.69, 9.17) is 4.74 Å². The molecule has 0 saturated carbocycles. The molecule has 2 aromatic carbocycles. The minimum atomic E-state index is -0.423. The zero-order valence-electron chi connectivity index (χ0n) is 15.6. The zero-order valence-corrected chi connectivity index (χ0v) is 16.5. The Balaban J connectivity index is 0.00000126. The summed E-state index contributed by atoms with van der Waals surface area (Å²) in [5, 5.41) is 9.45. The number of aryl methyl sites for hydroxylation is 1. The number of benzene rings is 2. The molecule has 0 atom stereocenters. The fourth-order valence-corrected chi connectivity index (χ4v) is 2.91. The number of carbonyl (C=O) groups is 1. The second kappa shape index (κ2) is 9.65. The molecule has 4 nitrogen and oxygen atoms in total. The molecule has 3 rings (SSSR count). The molecule has 0 aliphatic carbocycles. The van der Waals surface area contributed by atoms with Crippen molar-refractivity contribution in [3.63, 3.8) is 0 Å². The largest absolute Gasteiger partial charge is 0.461 e. The fourth-order valence-electron chi connectivity index (χ4n) is 2.91.